The van der Waals surface area contributed by atoms with Crippen LogP contribution in [0, 0.1) is 0 Å². The minimum Gasteiger partial charge on any atom is -0.480 e. The van der Waals surface area contributed by atoms with Gasteiger partial charge in [-0.3, -0.25) is 18.6 Å². The van der Waals surface area contributed by atoms with Crippen LogP contribution in [0.3, 0.4) is 0 Å². The van der Waals surface area contributed by atoms with Crippen LogP contribution in [0.1, 0.15) is 129 Å². The van der Waals surface area contributed by atoms with Gasteiger partial charge >= 0.3 is 19.8 Å². The number of phosphoric ester groups is 1. The predicted molar refractivity (Wildman–Crippen MR) is 262 cm³/mol. The summed E-state index contributed by atoms with van der Waals surface area (Å²) in [6, 6.07) is -1.50. The summed E-state index contributed by atoms with van der Waals surface area (Å²) in [5.74, 6) is -1.88. The summed E-state index contributed by atoms with van der Waals surface area (Å²) in [5.41, 5.74) is 5.35. The molecule has 0 heterocycles. The van der Waals surface area contributed by atoms with E-state index in [0.717, 1.165) is 96.3 Å². The molecule has 0 aromatic heterocycles. The standard InChI is InChI=1S/C52H80NO9P/c1-3-5-7-9-11-13-15-17-19-21-23-24-25-26-27-28-30-32-34-36-38-40-42-44-51(54)62-49(47-60-63(57,58)61-48-50(53)52(55)56)46-59-45-43-41-39-37-35-33-31-29-22-20-18-16-14-12-10-8-6-4-2/h5-8,11-14,17-20,23-24,26-27,29-32,35-38,49-50H,3-4,9-10,15-16,21-22,25,28,33-34,39-48,53H2,1-2H3,(H,55,56)(H,57,58)/b7-5-,8-6-,13-11-,14-12-,19-17-,20-18-,24-23-,27-26-,31-29-,32-30-,37-35-,38-36-. The van der Waals surface area contributed by atoms with E-state index < -0.39 is 45.1 Å². The van der Waals surface area contributed by atoms with Crippen molar-refractivity contribution in [3.05, 3.63) is 146 Å². The second-order valence-electron chi connectivity index (χ2n) is 14.4. The van der Waals surface area contributed by atoms with Gasteiger partial charge in [0.05, 0.1) is 19.8 Å². The van der Waals surface area contributed by atoms with Gasteiger partial charge in [0.2, 0.25) is 0 Å². The molecular weight excluding hydrogens is 814 g/mol. The highest BCUT2D eigenvalue weighted by molar-refractivity contribution is 7.47. The monoisotopic (exact) mass is 894 g/mol. The van der Waals surface area contributed by atoms with Crippen LogP contribution in [-0.4, -0.2) is 60.5 Å². The third-order valence-electron chi connectivity index (χ3n) is 8.61. The largest absolute Gasteiger partial charge is 0.480 e. The molecule has 4 N–H and O–H groups in total. The van der Waals surface area contributed by atoms with Crippen LogP contribution in [-0.2, 0) is 32.7 Å². The first kappa shape index (κ1) is 58.9. The highest BCUT2D eigenvalue weighted by Crippen LogP contribution is 2.43. The minimum absolute atomic E-state index is 0.0477. The molecule has 10 nitrogen and oxygen atoms in total. The van der Waals surface area contributed by atoms with Crippen molar-refractivity contribution >= 4 is 19.8 Å². The Bertz CT molecular complexity index is 1550. The van der Waals surface area contributed by atoms with Crippen LogP contribution in [0.25, 0.3) is 0 Å². The maximum Gasteiger partial charge on any atom is 0.472 e. The van der Waals surface area contributed by atoms with Gasteiger partial charge in [-0.2, -0.15) is 0 Å². The van der Waals surface area contributed by atoms with Gasteiger partial charge in [0.15, 0.2) is 0 Å². The first-order chi connectivity index (χ1) is 30.7. The number of unbranched alkanes of at least 4 members (excludes halogenated alkanes) is 3. The molecule has 63 heavy (non-hydrogen) atoms. The van der Waals surface area contributed by atoms with Crippen LogP contribution in [0.4, 0.5) is 0 Å². The molecular formula is C52H80NO9P. The van der Waals surface area contributed by atoms with Gasteiger partial charge in [0, 0.05) is 13.0 Å². The zero-order valence-corrected chi connectivity index (χ0v) is 39.2. The lowest BCUT2D eigenvalue weighted by Gasteiger charge is -2.20. The van der Waals surface area contributed by atoms with E-state index in [1.807, 2.05) is 6.08 Å². The Morgan fingerprint density at radius 2 is 0.857 bits per heavy atom. The number of rotatable bonds is 41. The Hall–Kier alpha value is -4.15. The third-order valence-corrected chi connectivity index (χ3v) is 9.56. The third kappa shape index (κ3) is 45.7. The first-order valence-electron chi connectivity index (χ1n) is 22.9. The molecule has 0 aromatic rings. The number of aliphatic carboxylic acids is 1. The van der Waals surface area contributed by atoms with Crippen molar-refractivity contribution in [2.45, 2.75) is 142 Å². The fourth-order valence-corrected chi connectivity index (χ4v) is 5.92. The number of esters is 1. The number of carbonyl (C=O) groups is 2. The van der Waals surface area contributed by atoms with Gasteiger partial charge in [0.1, 0.15) is 12.1 Å². The average molecular weight is 894 g/mol. The zero-order valence-electron chi connectivity index (χ0n) is 38.3. The van der Waals surface area contributed by atoms with Gasteiger partial charge < -0.3 is 25.2 Å². The molecule has 0 radical (unpaired) electrons. The molecule has 0 rings (SSSR count). The van der Waals surface area contributed by atoms with Crippen LogP contribution in [0.2, 0.25) is 0 Å². The number of ether oxygens (including phenoxy) is 2. The number of carboxylic acid groups (broad SMARTS) is 1. The van der Waals surface area contributed by atoms with E-state index in [2.05, 4.69) is 154 Å². The number of allylic oxidation sites excluding steroid dienone is 24. The summed E-state index contributed by atoms with van der Waals surface area (Å²) >= 11 is 0. The average Bonchev–Trinajstić information content (AvgIpc) is 3.26. The normalized spacial score (nSPS) is 15.1. The SMILES string of the molecule is CC/C=C\C/C=C\C/C=C\C/C=C\C/C=C\C/C=C\C/C=C\CCCC(=O)OC(COCCCC/C=C\C/C=C\C/C=C\C/C=C\C/C=C\CC)COP(=O)(O)OCC(N)C(=O)O. The molecule has 11 heteroatoms. The van der Waals surface area contributed by atoms with Gasteiger partial charge in [-0.05, 0) is 109 Å². The lowest BCUT2D eigenvalue weighted by atomic mass is 10.2. The second kappa shape index (κ2) is 45.9. The Morgan fingerprint density at radius 1 is 0.508 bits per heavy atom. The summed E-state index contributed by atoms with van der Waals surface area (Å²) in [5, 5.41) is 8.91. The number of nitrogens with two attached hydrogens (primary N) is 1. The number of hydrogen-bond donors (Lipinski definition) is 3. The van der Waals surface area contributed by atoms with Gasteiger partial charge in [-0.1, -0.05) is 160 Å². The number of hydrogen-bond acceptors (Lipinski definition) is 8. The van der Waals surface area contributed by atoms with Gasteiger partial charge in [-0.15, -0.1) is 0 Å². The van der Waals surface area contributed by atoms with Crippen LogP contribution in [0.15, 0.2) is 146 Å². The molecule has 0 aliphatic carbocycles. The topological polar surface area (TPSA) is 155 Å². The quantitative estimate of drug-likeness (QED) is 0.0234. The lowest BCUT2D eigenvalue weighted by molar-refractivity contribution is -0.154. The molecule has 0 saturated heterocycles. The fraction of sp³-hybridized carbons (Fsp3) is 0.500. The predicted octanol–water partition coefficient (Wildman–Crippen LogP) is 13.2. The summed E-state index contributed by atoms with van der Waals surface area (Å²) in [6.45, 7) is 3.43. The molecule has 0 saturated carbocycles. The second-order valence-corrected chi connectivity index (χ2v) is 15.9. The van der Waals surface area contributed by atoms with Crippen molar-refractivity contribution in [2.24, 2.45) is 5.73 Å². The molecule has 0 aliphatic heterocycles. The zero-order chi connectivity index (χ0) is 46.2. The van der Waals surface area contributed by atoms with Crippen LogP contribution >= 0.6 is 7.82 Å². The van der Waals surface area contributed by atoms with Crippen molar-refractivity contribution in [3.8, 4) is 0 Å². The molecule has 0 bridgehead atoms. The highest BCUT2D eigenvalue weighted by atomic mass is 31.2. The summed E-state index contributed by atoms with van der Waals surface area (Å²) < 4.78 is 33.3. The number of carboxylic acids is 1. The fourth-order valence-electron chi connectivity index (χ4n) is 5.15. The molecule has 3 unspecified atom stereocenters. The maximum absolute atomic E-state index is 12.6. The van der Waals surface area contributed by atoms with Gasteiger partial charge in [0.25, 0.3) is 0 Å². The molecule has 0 fully saturated rings. The van der Waals surface area contributed by atoms with Crippen molar-refractivity contribution < 1.29 is 42.7 Å². The van der Waals surface area contributed by atoms with Crippen LogP contribution in [0.5, 0.6) is 0 Å². The van der Waals surface area contributed by atoms with E-state index in [1.165, 1.54) is 0 Å². The summed E-state index contributed by atoms with van der Waals surface area (Å²) in [7, 11) is -4.66. The van der Waals surface area contributed by atoms with E-state index in [-0.39, 0.29) is 13.0 Å². The van der Waals surface area contributed by atoms with E-state index in [1.54, 1.807) is 0 Å². The number of phosphoric acid groups is 1. The summed E-state index contributed by atoms with van der Waals surface area (Å²) in [6.07, 6.45) is 66.3. The molecule has 352 valence electrons. The first-order valence-corrected chi connectivity index (χ1v) is 24.4. The Morgan fingerprint density at radius 3 is 1.24 bits per heavy atom. The molecule has 0 aliphatic rings. The Kier molecular flexibility index (Phi) is 42.8. The van der Waals surface area contributed by atoms with Crippen molar-refractivity contribution in [1.82, 2.24) is 0 Å². The maximum atomic E-state index is 12.6. The smallest absolute Gasteiger partial charge is 0.472 e. The van der Waals surface area contributed by atoms with E-state index in [4.69, 9.17) is 29.4 Å². The minimum atomic E-state index is -4.66. The van der Waals surface area contributed by atoms with E-state index in [9.17, 15) is 19.0 Å². The summed E-state index contributed by atoms with van der Waals surface area (Å²) in [4.78, 5) is 33.6. The van der Waals surface area contributed by atoms with E-state index in [0.29, 0.717) is 19.4 Å². The molecule has 0 aromatic carbocycles. The van der Waals surface area contributed by atoms with Crippen LogP contribution < -0.4 is 5.73 Å². The van der Waals surface area contributed by atoms with Crippen molar-refractivity contribution in [3.63, 3.8) is 0 Å². The molecule has 0 spiro atoms. The van der Waals surface area contributed by atoms with Crippen molar-refractivity contribution in [2.75, 3.05) is 26.4 Å². The van der Waals surface area contributed by atoms with Gasteiger partial charge in [-0.25, -0.2) is 4.57 Å². The molecule has 0 amide bonds. The van der Waals surface area contributed by atoms with E-state index >= 15 is 0 Å². The Labute approximate surface area is 380 Å². The van der Waals surface area contributed by atoms with Crippen molar-refractivity contribution in [1.29, 1.82) is 0 Å². The highest BCUT2D eigenvalue weighted by Gasteiger charge is 2.27. The lowest BCUT2D eigenvalue weighted by Crippen LogP contribution is -2.34. The Balaban J connectivity index is 4.45. The number of carbonyl (C=O) groups excluding carboxylic acids is 1. The molecule has 3 atom stereocenters.